The molecule has 5 nitrogen and oxygen atoms in total. The maximum Gasteiger partial charge on any atom is 0.260 e. The summed E-state index contributed by atoms with van der Waals surface area (Å²) in [6.45, 7) is 0.0180. The van der Waals surface area contributed by atoms with E-state index in [1.807, 2.05) is 42.5 Å². The number of nitrogens with zero attached hydrogens (tertiary/aromatic N) is 2. The van der Waals surface area contributed by atoms with E-state index in [1.54, 1.807) is 0 Å². The molecule has 7 aromatic carbocycles. The van der Waals surface area contributed by atoms with E-state index in [-0.39, 0.29) is 6.71 Å². The van der Waals surface area contributed by atoms with Gasteiger partial charge in [-0.1, -0.05) is 78.9 Å². The van der Waals surface area contributed by atoms with E-state index in [4.69, 9.17) is 14.2 Å². The number of fused-ring (bicyclic) bond motifs is 9. The minimum atomic E-state index is 0.0180. The Kier molecular flexibility index (Phi) is 5.13. The van der Waals surface area contributed by atoms with Crippen LogP contribution in [0.4, 0.5) is 17.1 Å². The fraction of sp³-hybridized carbons (Fsp3) is 0. The van der Waals surface area contributed by atoms with Gasteiger partial charge in [0.2, 0.25) is 0 Å². The van der Waals surface area contributed by atoms with E-state index >= 15 is 0 Å². The normalized spacial score (nSPS) is 13.4. The summed E-state index contributed by atoms with van der Waals surface area (Å²) in [6.07, 6.45) is 0. The summed E-state index contributed by atoms with van der Waals surface area (Å²) in [5.74, 6) is 5.02. The zero-order valence-corrected chi connectivity index (χ0v) is 25.6. The summed E-state index contributed by atoms with van der Waals surface area (Å²) in [7, 11) is 0. The van der Waals surface area contributed by atoms with Crippen molar-refractivity contribution >= 4 is 62.0 Å². The van der Waals surface area contributed by atoms with Crippen LogP contribution in [-0.2, 0) is 0 Å². The lowest BCUT2D eigenvalue weighted by Crippen LogP contribution is -2.57. The van der Waals surface area contributed by atoms with Crippen LogP contribution in [0.5, 0.6) is 34.5 Å². The van der Waals surface area contributed by atoms with Crippen LogP contribution in [0.2, 0.25) is 0 Å². The predicted molar refractivity (Wildman–Crippen MR) is 193 cm³/mol. The molecule has 4 heterocycles. The molecule has 6 heteroatoms. The highest BCUT2D eigenvalue weighted by atomic mass is 16.5. The molecule has 11 rings (SSSR count). The molecule has 0 spiro atoms. The Morgan fingerprint density at radius 1 is 0.396 bits per heavy atom. The van der Waals surface area contributed by atoms with Gasteiger partial charge in [-0.25, -0.2) is 0 Å². The molecule has 0 fully saturated rings. The van der Waals surface area contributed by atoms with Gasteiger partial charge in [0.15, 0.2) is 11.5 Å². The van der Waals surface area contributed by atoms with Crippen molar-refractivity contribution in [2.24, 2.45) is 0 Å². The summed E-state index contributed by atoms with van der Waals surface area (Å²) in [5.41, 5.74) is 9.67. The summed E-state index contributed by atoms with van der Waals surface area (Å²) in [4.78, 5) is 2.30. The average Bonchev–Trinajstić information content (AvgIpc) is 3.46. The molecule has 0 aliphatic carbocycles. The Labute approximate surface area is 276 Å². The van der Waals surface area contributed by atoms with Gasteiger partial charge in [-0.05, 0) is 77.7 Å². The van der Waals surface area contributed by atoms with Crippen molar-refractivity contribution in [2.75, 3.05) is 4.90 Å². The molecule has 224 valence electrons. The Balaban J connectivity index is 1.14. The third-order valence-electron chi connectivity index (χ3n) is 9.89. The predicted octanol–water partition coefficient (Wildman–Crippen LogP) is 9.09. The lowest BCUT2D eigenvalue weighted by Gasteiger charge is -2.35. The maximum absolute atomic E-state index is 6.69. The third-order valence-corrected chi connectivity index (χ3v) is 9.89. The largest absolute Gasteiger partial charge is 0.458 e. The number of hydrogen-bond donors (Lipinski definition) is 0. The second-order valence-electron chi connectivity index (χ2n) is 12.5. The van der Waals surface area contributed by atoms with Crippen molar-refractivity contribution in [1.82, 2.24) is 4.57 Å². The van der Waals surface area contributed by atoms with Crippen LogP contribution in [0.3, 0.4) is 0 Å². The third kappa shape index (κ3) is 3.51. The number of benzene rings is 7. The van der Waals surface area contributed by atoms with Crippen LogP contribution in [-0.4, -0.2) is 11.3 Å². The molecule has 3 aliphatic rings. The van der Waals surface area contributed by atoms with Gasteiger partial charge in [0.05, 0.1) is 28.1 Å². The standard InChI is InChI=1S/C42H25BN2O3/c1-2-11-26(12-3-1)44-32-15-6-4-13-28(32)29-24-41-35(25-34(29)44)45(33-16-7-9-18-37(33)47-41)27-21-22-31-40(23-27)48-39-20-10-19-38-42(39)43(31)30-14-5-8-17-36(30)46-38/h1-25H. The highest BCUT2D eigenvalue weighted by Crippen LogP contribution is 2.53. The zero-order valence-electron chi connectivity index (χ0n) is 25.6. The number of anilines is 3. The van der Waals surface area contributed by atoms with Gasteiger partial charge in [-0.2, -0.15) is 0 Å². The van der Waals surface area contributed by atoms with Gasteiger partial charge in [0.1, 0.15) is 23.0 Å². The smallest absolute Gasteiger partial charge is 0.260 e. The van der Waals surface area contributed by atoms with Gasteiger partial charge in [-0.15, -0.1) is 0 Å². The van der Waals surface area contributed by atoms with Crippen LogP contribution < -0.4 is 35.5 Å². The number of ether oxygens (including phenoxy) is 3. The van der Waals surface area contributed by atoms with Crippen LogP contribution in [0, 0.1) is 0 Å². The van der Waals surface area contributed by atoms with E-state index in [0.717, 1.165) is 90.1 Å². The van der Waals surface area contributed by atoms with E-state index in [0.29, 0.717) is 0 Å². The molecule has 3 aliphatic heterocycles. The van der Waals surface area contributed by atoms with Gasteiger partial charge < -0.3 is 23.7 Å². The molecular formula is C42H25BN2O3. The molecule has 0 saturated heterocycles. The monoisotopic (exact) mass is 616 g/mol. The summed E-state index contributed by atoms with van der Waals surface area (Å²) < 4.78 is 22.0. The van der Waals surface area contributed by atoms with E-state index in [9.17, 15) is 0 Å². The average molecular weight is 616 g/mol. The Morgan fingerprint density at radius 2 is 1.08 bits per heavy atom. The number of hydrogen-bond acceptors (Lipinski definition) is 4. The minimum Gasteiger partial charge on any atom is -0.458 e. The maximum atomic E-state index is 6.69. The van der Waals surface area contributed by atoms with E-state index in [2.05, 4.69) is 119 Å². The zero-order chi connectivity index (χ0) is 31.3. The van der Waals surface area contributed by atoms with Crippen molar-refractivity contribution in [3.8, 4) is 40.2 Å². The molecule has 0 amide bonds. The fourth-order valence-corrected chi connectivity index (χ4v) is 7.85. The van der Waals surface area contributed by atoms with Gasteiger partial charge in [0, 0.05) is 28.0 Å². The quantitative estimate of drug-likeness (QED) is 0.182. The van der Waals surface area contributed by atoms with Crippen LogP contribution in [0.25, 0.3) is 27.5 Å². The van der Waals surface area contributed by atoms with Crippen molar-refractivity contribution in [3.05, 3.63) is 152 Å². The Hall–Kier alpha value is -6.40. The molecule has 0 saturated carbocycles. The second-order valence-corrected chi connectivity index (χ2v) is 12.5. The van der Waals surface area contributed by atoms with Crippen molar-refractivity contribution in [1.29, 1.82) is 0 Å². The number of para-hydroxylation sites is 5. The first kappa shape index (κ1) is 25.8. The molecular weight excluding hydrogens is 591 g/mol. The highest BCUT2D eigenvalue weighted by Gasteiger charge is 2.40. The van der Waals surface area contributed by atoms with Crippen molar-refractivity contribution in [3.63, 3.8) is 0 Å². The number of aromatic nitrogens is 1. The molecule has 8 aromatic rings. The lowest BCUT2D eigenvalue weighted by atomic mass is 9.35. The first-order valence-corrected chi connectivity index (χ1v) is 16.2. The fourth-order valence-electron chi connectivity index (χ4n) is 7.85. The molecule has 0 radical (unpaired) electrons. The minimum absolute atomic E-state index is 0.0180. The topological polar surface area (TPSA) is 35.9 Å². The van der Waals surface area contributed by atoms with Crippen LogP contribution in [0.15, 0.2) is 152 Å². The SMILES string of the molecule is c1ccc(-n2c3ccccc3c3cc4c(cc32)N(c2ccc3c(c2)Oc2cccc5c2B3c2ccccc2O5)c2ccccc2O4)cc1. The van der Waals surface area contributed by atoms with Gasteiger partial charge in [0.25, 0.3) is 6.71 Å². The first-order chi connectivity index (χ1) is 23.8. The molecule has 0 atom stereocenters. The van der Waals surface area contributed by atoms with Crippen LogP contribution >= 0.6 is 0 Å². The van der Waals surface area contributed by atoms with Crippen LogP contribution in [0.1, 0.15) is 0 Å². The Bertz CT molecular complexity index is 2630. The van der Waals surface area contributed by atoms with Gasteiger partial charge in [-0.3, -0.25) is 0 Å². The first-order valence-electron chi connectivity index (χ1n) is 16.2. The summed E-state index contributed by atoms with van der Waals surface area (Å²) in [6, 6.07) is 52.8. The van der Waals surface area contributed by atoms with E-state index < -0.39 is 0 Å². The van der Waals surface area contributed by atoms with Crippen molar-refractivity contribution in [2.45, 2.75) is 0 Å². The Morgan fingerprint density at radius 3 is 1.98 bits per heavy atom. The second kappa shape index (κ2) is 9.56. The lowest BCUT2D eigenvalue weighted by molar-refractivity contribution is 0.464. The molecule has 1 aromatic heterocycles. The summed E-state index contributed by atoms with van der Waals surface area (Å²) >= 11 is 0. The highest BCUT2D eigenvalue weighted by molar-refractivity contribution is 6.98. The van der Waals surface area contributed by atoms with Gasteiger partial charge >= 0.3 is 0 Å². The molecule has 0 bridgehead atoms. The van der Waals surface area contributed by atoms with E-state index in [1.165, 1.54) is 5.39 Å². The van der Waals surface area contributed by atoms with Crippen molar-refractivity contribution < 1.29 is 14.2 Å². The molecule has 48 heavy (non-hydrogen) atoms. The number of rotatable bonds is 2. The molecule has 0 unspecified atom stereocenters. The molecule has 0 N–H and O–H groups in total. The summed E-state index contributed by atoms with van der Waals surface area (Å²) in [5, 5.41) is 2.33.